The van der Waals surface area contributed by atoms with E-state index in [0.29, 0.717) is 17.0 Å². The molecule has 0 radical (unpaired) electrons. The molecule has 150 valence electrons. The first-order valence-electron chi connectivity index (χ1n) is 9.11. The molecular weight excluding hydrogens is 404 g/mol. The molecule has 1 atom stereocenters. The van der Waals surface area contributed by atoms with E-state index in [2.05, 4.69) is 17.6 Å². The average Bonchev–Trinajstić information content (AvgIpc) is 3.16. The molecule has 1 aliphatic carbocycles. The molecule has 8 heteroatoms. The molecule has 1 aromatic carbocycles. The van der Waals surface area contributed by atoms with E-state index in [1.807, 2.05) is 0 Å². The largest absolute Gasteiger partial charge is 0.481 e. The van der Waals surface area contributed by atoms with E-state index in [4.69, 9.17) is 9.84 Å². The molecule has 1 heterocycles. The van der Waals surface area contributed by atoms with Crippen molar-refractivity contribution in [1.29, 1.82) is 0 Å². The van der Waals surface area contributed by atoms with Crippen LogP contribution in [-0.4, -0.2) is 26.7 Å². The average molecular weight is 426 g/mol. The number of nitrogens with zero attached hydrogens (tertiary/aromatic N) is 1. The number of hydrogen-bond acceptors (Lipinski definition) is 5. The molecule has 4 nitrogen and oxygen atoms in total. The van der Waals surface area contributed by atoms with Crippen molar-refractivity contribution < 1.29 is 23.4 Å². The van der Waals surface area contributed by atoms with Crippen molar-refractivity contribution in [3.8, 4) is 17.0 Å². The summed E-state index contributed by atoms with van der Waals surface area (Å²) in [6, 6.07) is 5.93. The molecule has 1 unspecified atom stereocenters. The smallest absolute Gasteiger partial charge is 0.303 e. The molecule has 1 N–H and O–H groups in total. The number of benzene rings is 1. The monoisotopic (exact) mass is 425 g/mol. The lowest BCUT2D eigenvalue weighted by Crippen LogP contribution is -2.12. The first-order chi connectivity index (χ1) is 13.4. The van der Waals surface area contributed by atoms with E-state index in [0.717, 1.165) is 37.4 Å². The molecule has 28 heavy (non-hydrogen) atoms. The van der Waals surface area contributed by atoms with E-state index in [1.165, 1.54) is 12.1 Å². The quantitative estimate of drug-likeness (QED) is 0.329. The number of aliphatic carboxylic acids is 1. The zero-order valence-electron chi connectivity index (χ0n) is 15.1. The topological polar surface area (TPSA) is 59.4 Å². The summed E-state index contributed by atoms with van der Waals surface area (Å²) in [4.78, 5) is 14.7. The number of pyridine rings is 1. The number of thioether (sulfide) groups is 1. The van der Waals surface area contributed by atoms with Crippen LogP contribution in [0.2, 0.25) is 0 Å². The van der Waals surface area contributed by atoms with Crippen LogP contribution in [-0.2, 0) is 4.79 Å². The van der Waals surface area contributed by atoms with Crippen LogP contribution in [0.1, 0.15) is 38.5 Å². The van der Waals surface area contributed by atoms with Crippen molar-refractivity contribution >= 4 is 30.4 Å². The minimum absolute atomic E-state index is 0.0809. The number of thiol groups is 1. The van der Waals surface area contributed by atoms with Crippen molar-refractivity contribution in [2.24, 2.45) is 0 Å². The second-order valence-corrected chi connectivity index (χ2v) is 8.84. The Morgan fingerprint density at radius 1 is 1.32 bits per heavy atom. The molecule has 0 saturated heterocycles. The number of aromatic nitrogens is 1. The predicted octanol–water partition coefficient (Wildman–Crippen LogP) is 5.56. The minimum atomic E-state index is -0.970. The number of hydrogen-bond donors (Lipinski definition) is 2. The van der Waals surface area contributed by atoms with Gasteiger partial charge in [-0.2, -0.15) is 12.6 Å². The molecule has 1 aliphatic rings. The van der Waals surface area contributed by atoms with Crippen molar-refractivity contribution in [1.82, 2.24) is 4.98 Å². The molecule has 1 saturated carbocycles. The summed E-state index contributed by atoms with van der Waals surface area (Å²) >= 11 is 5.10. The van der Waals surface area contributed by atoms with Crippen molar-refractivity contribution in [3.05, 3.63) is 42.1 Å². The summed E-state index contributed by atoms with van der Waals surface area (Å²) in [5.41, 5.74) is 0.888. The van der Waals surface area contributed by atoms with Crippen molar-refractivity contribution in [2.45, 2.75) is 54.1 Å². The lowest BCUT2D eigenvalue weighted by atomic mass is 10.1. The van der Waals surface area contributed by atoms with Crippen LogP contribution in [0, 0.1) is 11.6 Å². The number of carbonyl (C=O) groups is 1. The Morgan fingerprint density at radius 2 is 2.00 bits per heavy atom. The maximum absolute atomic E-state index is 14.6. The van der Waals surface area contributed by atoms with Crippen LogP contribution >= 0.6 is 24.4 Å². The summed E-state index contributed by atoms with van der Waals surface area (Å²) < 4.78 is 34.7. The Kier molecular flexibility index (Phi) is 7.18. The molecule has 0 aliphatic heterocycles. The van der Waals surface area contributed by atoms with Gasteiger partial charge in [0.15, 0.2) is 0 Å². The minimum Gasteiger partial charge on any atom is -0.481 e. The Balaban J connectivity index is 1.81. The first kappa shape index (κ1) is 20.9. The normalized spacial score (nSPS) is 15.5. The highest BCUT2D eigenvalue weighted by molar-refractivity contribution is 8.10. The molecule has 3 rings (SSSR count). The predicted molar refractivity (Wildman–Crippen MR) is 108 cm³/mol. The lowest BCUT2D eigenvalue weighted by molar-refractivity contribution is -0.137. The summed E-state index contributed by atoms with van der Waals surface area (Å²) in [6.45, 7) is 0. The van der Waals surface area contributed by atoms with Gasteiger partial charge < -0.3 is 9.84 Å². The third-order valence-corrected chi connectivity index (χ3v) is 6.23. The van der Waals surface area contributed by atoms with Gasteiger partial charge in [0.05, 0.1) is 9.48 Å². The van der Waals surface area contributed by atoms with Crippen molar-refractivity contribution in [3.63, 3.8) is 0 Å². The van der Waals surface area contributed by atoms with Gasteiger partial charge in [0, 0.05) is 18.2 Å². The van der Waals surface area contributed by atoms with E-state index in [9.17, 15) is 13.6 Å². The Morgan fingerprint density at radius 3 is 2.64 bits per heavy atom. The van der Waals surface area contributed by atoms with E-state index in [1.54, 1.807) is 18.3 Å². The standard InChI is InChI=1S/C20H21F2NO3S2/c21-15-10-12(11-16(22)19(15)28-18(27)8-7-17(24)25)14-6-3-9-23-20(14)26-13-4-1-2-5-13/h3,6,9-11,13,18,27H,1-2,4-5,7-8H2,(H,24,25). The fourth-order valence-corrected chi connectivity index (χ4v) is 4.43. The molecule has 0 amide bonds. The lowest BCUT2D eigenvalue weighted by Gasteiger charge is -2.16. The molecule has 0 spiro atoms. The zero-order chi connectivity index (χ0) is 20.1. The van der Waals surface area contributed by atoms with Crippen LogP contribution in [0.4, 0.5) is 8.78 Å². The highest BCUT2D eigenvalue weighted by Crippen LogP contribution is 2.37. The Bertz CT molecular complexity index is 821. The Hall–Kier alpha value is -1.80. The Labute approximate surface area is 172 Å². The summed E-state index contributed by atoms with van der Waals surface area (Å²) in [7, 11) is 0. The third kappa shape index (κ3) is 5.38. The highest BCUT2D eigenvalue weighted by atomic mass is 32.2. The van der Waals surface area contributed by atoms with Crippen LogP contribution in [0.3, 0.4) is 0 Å². The van der Waals surface area contributed by atoms with Gasteiger partial charge in [-0.3, -0.25) is 4.79 Å². The van der Waals surface area contributed by atoms with Gasteiger partial charge in [-0.05, 0) is 61.9 Å². The van der Waals surface area contributed by atoms with Gasteiger partial charge in [0.25, 0.3) is 0 Å². The van der Waals surface area contributed by atoms with Crippen molar-refractivity contribution in [2.75, 3.05) is 0 Å². The third-order valence-electron chi connectivity index (χ3n) is 4.52. The SMILES string of the molecule is O=C(O)CCC(S)Sc1c(F)cc(-c2cccnc2OC2CCCC2)cc1F. The van der Waals surface area contributed by atoms with Crippen LogP contribution in [0.5, 0.6) is 5.88 Å². The van der Waals surface area contributed by atoms with Gasteiger partial charge in [0.2, 0.25) is 5.88 Å². The molecule has 1 aromatic heterocycles. The zero-order valence-corrected chi connectivity index (χ0v) is 16.8. The van der Waals surface area contributed by atoms with Crippen LogP contribution in [0.15, 0.2) is 35.4 Å². The highest BCUT2D eigenvalue weighted by Gasteiger charge is 2.21. The number of ether oxygens (including phenoxy) is 1. The first-order valence-corrected chi connectivity index (χ1v) is 10.5. The second kappa shape index (κ2) is 9.60. The van der Waals surface area contributed by atoms with Crippen LogP contribution < -0.4 is 4.74 Å². The number of halogens is 2. The molecular formula is C20H21F2NO3S2. The van der Waals surface area contributed by atoms with Gasteiger partial charge >= 0.3 is 5.97 Å². The number of carboxylic acid groups (broad SMARTS) is 1. The molecule has 1 fully saturated rings. The van der Waals surface area contributed by atoms with Gasteiger partial charge in [-0.25, -0.2) is 13.8 Å². The maximum Gasteiger partial charge on any atom is 0.303 e. The fraction of sp³-hybridized carbons (Fsp3) is 0.400. The van der Waals surface area contributed by atoms with Gasteiger partial charge in [-0.1, -0.05) is 0 Å². The van der Waals surface area contributed by atoms with E-state index in [-0.39, 0.29) is 23.8 Å². The second-order valence-electron chi connectivity index (χ2n) is 6.65. The number of rotatable bonds is 8. The molecule has 2 aromatic rings. The summed E-state index contributed by atoms with van der Waals surface area (Å²) in [5.74, 6) is -2.03. The summed E-state index contributed by atoms with van der Waals surface area (Å²) in [5, 5.41) is 8.72. The van der Waals surface area contributed by atoms with Gasteiger partial charge in [0.1, 0.15) is 17.7 Å². The molecule has 0 bridgehead atoms. The number of carboxylic acids is 1. The maximum atomic E-state index is 14.6. The van der Waals surface area contributed by atoms with Gasteiger partial charge in [-0.15, -0.1) is 11.8 Å². The summed E-state index contributed by atoms with van der Waals surface area (Å²) in [6.07, 6.45) is 5.88. The van der Waals surface area contributed by atoms with Crippen LogP contribution in [0.25, 0.3) is 11.1 Å². The van der Waals surface area contributed by atoms with E-state index < -0.39 is 22.2 Å². The van der Waals surface area contributed by atoms with E-state index >= 15 is 0 Å². The fourth-order valence-electron chi connectivity index (χ4n) is 3.14.